The van der Waals surface area contributed by atoms with Crippen molar-refractivity contribution >= 4 is 0 Å². The maximum Gasteiger partial charge on any atom is 0.00954 e. The molecule has 0 radical (unpaired) electrons. The van der Waals surface area contributed by atoms with Crippen molar-refractivity contribution in [3.63, 3.8) is 0 Å². The molecule has 0 aromatic heterocycles. The zero-order chi connectivity index (χ0) is 12.1. The molecule has 17 heavy (non-hydrogen) atoms. The monoisotopic (exact) mass is 238 g/mol. The van der Waals surface area contributed by atoms with Crippen molar-refractivity contribution in [3.05, 3.63) is 0 Å². The second-order valence-corrected chi connectivity index (χ2v) is 6.19. The Balaban J connectivity index is 1.78. The van der Waals surface area contributed by atoms with Crippen LogP contribution in [-0.2, 0) is 0 Å². The molecule has 1 N–H and O–H groups in total. The molecule has 1 saturated heterocycles. The molecule has 0 amide bonds. The van der Waals surface area contributed by atoms with Crippen LogP contribution in [0.4, 0.5) is 0 Å². The maximum atomic E-state index is 3.47. The summed E-state index contributed by atoms with van der Waals surface area (Å²) in [6, 6.07) is 0.895. The van der Waals surface area contributed by atoms with Crippen LogP contribution < -0.4 is 5.32 Å². The summed E-state index contributed by atoms with van der Waals surface area (Å²) in [6.07, 6.45) is 8.57. The lowest BCUT2D eigenvalue weighted by molar-refractivity contribution is 0.117. The largest absolute Gasteiger partial charge is 0.317 e. The Labute approximate surface area is 107 Å². The predicted molar refractivity (Wildman–Crippen MR) is 74.3 cm³/mol. The number of hydrogen-bond donors (Lipinski definition) is 1. The van der Waals surface area contributed by atoms with Crippen molar-refractivity contribution in [2.75, 3.05) is 26.2 Å². The van der Waals surface area contributed by atoms with Gasteiger partial charge in [0.1, 0.15) is 0 Å². The molecule has 0 spiro atoms. The Morgan fingerprint density at radius 3 is 2.24 bits per heavy atom. The van der Waals surface area contributed by atoms with Crippen LogP contribution in [0.5, 0.6) is 0 Å². The van der Waals surface area contributed by atoms with Crippen LogP contribution in [0.25, 0.3) is 0 Å². The Bertz CT molecular complexity index is 203. The Morgan fingerprint density at radius 2 is 1.65 bits per heavy atom. The molecule has 1 saturated carbocycles. The highest BCUT2D eigenvalue weighted by Crippen LogP contribution is 2.28. The second-order valence-electron chi connectivity index (χ2n) is 6.19. The van der Waals surface area contributed by atoms with Gasteiger partial charge in [0.05, 0.1) is 0 Å². The van der Waals surface area contributed by atoms with E-state index in [0.29, 0.717) is 0 Å². The molecule has 2 aliphatic rings. The summed E-state index contributed by atoms with van der Waals surface area (Å²) in [4.78, 5) is 2.78. The predicted octanol–water partition coefficient (Wildman–Crippen LogP) is 2.89. The fourth-order valence-corrected chi connectivity index (χ4v) is 3.54. The first-order valence-electron chi connectivity index (χ1n) is 7.74. The molecule has 1 aliphatic carbocycles. The minimum atomic E-state index is 0.895. The number of rotatable bonds is 4. The molecular formula is C15H30N2. The molecule has 100 valence electrons. The van der Waals surface area contributed by atoms with E-state index in [2.05, 4.69) is 24.1 Å². The third-order valence-electron chi connectivity index (χ3n) is 4.86. The highest BCUT2D eigenvalue weighted by atomic mass is 15.2. The molecule has 0 atom stereocenters. The average Bonchev–Trinajstić information content (AvgIpc) is 2.38. The van der Waals surface area contributed by atoms with Crippen molar-refractivity contribution in [1.29, 1.82) is 0 Å². The SMILES string of the molecule is CCN(CC1CCNCC1)C1CCC(C)CC1. The first-order valence-corrected chi connectivity index (χ1v) is 7.74. The van der Waals surface area contributed by atoms with E-state index < -0.39 is 0 Å². The molecule has 2 heteroatoms. The van der Waals surface area contributed by atoms with E-state index in [1.165, 1.54) is 64.7 Å². The summed E-state index contributed by atoms with van der Waals surface area (Å²) in [5.74, 6) is 1.93. The Morgan fingerprint density at radius 1 is 1.00 bits per heavy atom. The molecule has 2 fully saturated rings. The third-order valence-corrected chi connectivity index (χ3v) is 4.86. The minimum absolute atomic E-state index is 0.895. The summed E-state index contributed by atoms with van der Waals surface area (Å²) in [6.45, 7) is 9.85. The van der Waals surface area contributed by atoms with Crippen LogP contribution in [-0.4, -0.2) is 37.1 Å². The van der Waals surface area contributed by atoms with Crippen LogP contribution in [0, 0.1) is 11.8 Å². The van der Waals surface area contributed by atoms with Crippen molar-refractivity contribution in [2.24, 2.45) is 11.8 Å². The summed E-state index contributed by atoms with van der Waals surface area (Å²) in [5, 5.41) is 3.47. The molecule has 0 aromatic carbocycles. The van der Waals surface area contributed by atoms with Gasteiger partial charge in [-0.2, -0.15) is 0 Å². The highest BCUT2D eigenvalue weighted by molar-refractivity contribution is 4.80. The Kier molecular flexibility index (Phi) is 5.30. The molecule has 2 nitrogen and oxygen atoms in total. The molecule has 1 aliphatic heterocycles. The van der Waals surface area contributed by atoms with E-state index in [1.807, 2.05) is 0 Å². The molecule has 0 unspecified atom stereocenters. The van der Waals surface area contributed by atoms with Crippen LogP contribution in [0.1, 0.15) is 52.4 Å². The van der Waals surface area contributed by atoms with Crippen LogP contribution in [0.15, 0.2) is 0 Å². The van der Waals surface area contributed by atoms with Gasteiger partial charge in [-0.1, -0.05) is 13.8 Å². The van der Waals surface area contributed by atoms with Gasteiger partial charge in [0.25, 0.3) is 0 Å². The van der Waals surface area contributed by atoms with Gasteiger partial charge in [0, 0.05) is 12.6 Å². The molecule has 0 aromatic rings. The lowest BCUT2D eigenvalue weighted by Gasteiger charge is -2.38. The topological polar surface area (TPSA) is 15.3 Å². The van der Waals surface area contributed by atoms with Gasteiger partial charge in [-0.25, -0.2) is 0 Å². The summed E-state index contributed by atoms with van der Waals surface area (Å²) < 4.78 is 0. The molecule has 2 rings (SSSR count). The first-order chi connectivity index (χ1) is 8.29. The van der Waals surface area contributed by atoms with E-state index in [-0.39, 0.29) is 0 Å². The third kappa shape index (κ3) is 3.96. The number of piperidine rings is 1. The second kappa shape index (κ2) is 6.75. The number of hydrogen-bond acceptors (Lipinski definition) is 2. The Hall–Kier alpha value is -0.0800. The van der Waals surface area contributed by atoms with Gasteiger partial charge in [0.2, 0.25) is 0 Å². The molecule has 0 bridgehead atoms. The van der Waals surface area contributed by atoms with Gasteiger partial charge in [-0.15, -0.1) is 0 Å². The average molecular weight is 238 g/mol. The van der Waals surface area contributed by atoms with Gasteiger partial charge in [0.15, 0.2) is 0 Å². The van der Waals surface area contributed by atoms with E-state index in [9.17, 15) is 0 Å². The van der Waals surface area contributed by atoms with Crippen molar-refractivity contribution in [1.82, 2.24) is 10.2 Å². The number of nitrogens with one attached hydrogen (secondary N) is 1. The van der Waals surface area contributed by atoms with Crippen LogP contribution in [0.2, 0.25) is 0 Å². The van der Waals surface area contributed by atoms with E-state index >= 15 is 0 Å². The quantitative estimate of drug-likeness (QED) is 0.810. The number of nitrogens with zero attached hydrogens (tertiary/aromatic N) is 1. The summed E-state index contributed by atoms with van der Waals surface area (Å²) in [5.41, 5.74) is 0. The van der Waals surface area contributed by atoms with E-state index in [1.54, 1.807) is 0 Å². The fraction of sp³-hybridized carbons (Fsp3) is 1.00. The molecular weight excluding hydrogens is 208 g/mol. The smallest absolute Gasteiger partial charge is 0.00954 e. The van der Waals surface area contributed by atoms with Gasteiger partial charge in [-0.3, -0.25) is 0 Å². The zero-order valence-corrected chi connectivity index (χ0v) is 11.8. The van der Waals surface area contributed by atoms with Crippen molar-refractivity contribution in [2.45, 2.75) is 58.4 Å². The zero-order valence-electron chi connectivity index (χ0n) is 11.8. The van der Waals surface area contributed by atoms with Crippen molar-refractivity contribution in [3.8, 4) is 0 Å². The normalized spacial score (nSPS) is 31.9. The van der Waals surface area contributed by atoms with Crippen LogP contribution in [0.3, 0.4) is 0 Å². The lowest BCUT2D eigenvalue weighted by atomic mass is 9.86. The van der Waals surface area contributed by atoms with Gasteiger partial charge >= 0.3 is 0 Å². The lowest BCUT2D eigenvalue weighted by Crippen LogP contribution is -2.42. The van der Waals surface area contributed by atoms with E-state index in [0.717, 1.165) is 17.9 Å². The van der Waals surface area contributed by atoms with Gasteiger partial charge < -0.3 is 10.2 Å². The van der Waals surface area contributed by atoms with Crippen LogP contribution >= 0.6 is 0 Å². The van der Waals surface area contributed by atoms with Gasteiger partial charge in [-0.05, 0) is 70.0 Å². The first kappa shape index (κ1) is 13.4. The maximum absolute atomic E-state index is 3.47. The standard InChI is InChI=1S/C15H30N2/c1-3-17(12-14-8-10-16-11-9-14)15-6-4-13(2)5-7-15/h13-16H,3-12H2,1-2H3. The molecule has 1 heterocycles. The van der Waals surface area contributed by atoms with Crippen molar-refractivity contribution < 1.29 is 0 Å². The minimum Gasteiger partial charge on any atom is -0.317 e. The fourth-order valence-electron chi connectivity index (χ4n) is 3.54. The summed E-state index contributed by atoms with van der Waals surface area (Å²) >= 11 is 0. The highest BCUT2D eigenvalue weighted by Gasteiger charge is 2.25. The summed E-state index contributed by atoms with van der Waals surface area (Å²) in [7, 11) is 0. The van der Waals surface area contributed by atoms with E-state index in [4.69, 9.17) is 0 Å².